The van der Waals surface area contributed by atoms with Gasteiger partial charge in [0.2, 0.25) is 11.8 Å². The van der Waals surface area contributed by atoms with Crippen LogP contribution in [-0.4, -0.2) is 58.9 Å². The van der Waals surface area contributed by atoms with E-state index >= 15 is 0 Å². The number of carbonyl (C=O) groups is 3. The van der Waals surface area contributed by atoms with Crippen LogP contribution in [0.3, 0.4) is 0 Å². The average molecular weight is 386 g/mol. The molecule has 2 aliphatic rings. The zero-order chi connectivity index (χ0) is 20.3. The molecule has 1 aromatic carbocycles. The van der Waals surface area contributed by atoms with Gasteiger partial charge < -0.3 is 14.9 Å². The normalized spacial score (nSPS) is 26.1. The van der Waals surface area contributed by atoms with Gasteiger partial charge in [-0.2, -0.15) is 0 Å². The first-order chi connectivity index (χ1) is 13.4. The van der Waals surface area contributed by atoms with E-state index in [1.165, 1.54) is 0 Å². The number of likely N-dealkylation sites (tertiary alicyclic amines) is 2. The largest absolute Gasteiger partial charge is 0.481 e. The first-order valence-corrected chi connectivity index (χ1v) is 10.3. The van der Waals surface area contributed by atoms with Gasteiger partial charge in [-0.3, -0.25) is 14.4 Å². The van der Waals surface area contributed by atoms with Crippen LogP contribution in [0.25, 0.3) is 0 Å². The highest BCUT2D eigenvalue weighted by molar-refractivity contribution is 5.83. The van der Waals surface area contributed by atoms with Crippen molar-refractivity contribution in [2.45, 2.75) is 39.0 Å². The molecule has 2 amide bonds. The Morgan fingerprint density at radius 1 is 1.11 bits per heavy atom. The summed E-state index contributed by atoms with van der Waals surface area (Å²) in [6, 6.07) is 9.57. The Morgan fingerprint density at radius 2 is 1.82 bits per heavy atom. The second kappa shape index (κ2) is 8.76. The summed E-state index contributed by atoms with van der Waals surface area (Å²) in [5, 5.41) is 9.67. The third-order valence-electron chi connectivity index (χ3n) is 6.29. The first kappa shape index (κ1) is 20.4. The summed E-state index contributed by atoms with van der Waals surface area (Å²) in [5.41, 5.74) is 0.961. The molecular formula is C22H30N2O4. The van der Waals surface area contributed by atoms with Gasteiger partial charge in [-0.15, -0.1) is 0 Å². The Kier molecular flexibility index (Phi) is 6.37. The number of carboxylic acids is 1. The first-order valence-electron chi connectivity index (χ1n) is 10.3. The maximum Gasteiger partial charge on any atom is 0.308 e. The molecule has 6 nitrogen and oxygen atoms in total. The van der Waals surface area contributed by atoms with E-state index in [0.717, 1.165) is 24.8 Å². The van der Waals surface area contributed by atoms with E-state index in [0.29, 0.717) is 19.6 Å². The van der Waals surface area contributed by atoms with E-state index in [9.17, 15) is 19.5 Å². The molecule has 0 bridgehead atoms. The minimum absolute atomic E-state index is 0.00803. The fraction of sp³-hybridized carbons (Fsp3) is 0.591. The van der Waals surface area contributed by atoms with Crippen LogP contribution in [0.1, 0.15) is 44.6 Å². The van der Waals surface area contributed by atoms with Crippen molar-refractivity contribution >= 4 is 17.8 Å². The highest BCUT2D eigenvalue weighted by Crippen LogP contribution is 2.34. The minimum atomic E-state index is -0.860. The average Bonchev–Trinajstić information content (AvgIpc) is 3.18. The number of aliphatic carboxylic acids is 1. The van der Waals surface area contributed by atoms with Crippen LogP contribution in [0, 0.1) is 17.8 Å². The van der Waals surface area contributed by atoms with E-state index in [-0.39, 0.29) is 36.1 Å². The summed E-state index contributed by atoms with van der Waals surface area (Å²) in [6.07, 6.45) is 2.36. The number of rotatable bonds is 5. The van der Waals surface area contributed by atoms with Crippen LogP contribution in [0.4, 0.5) is 0 Å². The maximum absolute atomic E-state index is 13.1. The van der Waals surface area contributed by atoms with Crippen LogP contribution in [0.15, 0.2) is 30.3 Å². The second-order valence-corrected chi connectivity index (χ2v) is 8.14. The number of benzene rings is 1. The molecule has 152 valence electrons. The topological polar surface area (TPSA) is 77.9 Å². The number of carbonyl (C=O) groups excluding carboxylic acids is 2. The smallest absolute Gasteiger partial charge is 0.308 e. The Bertz CT molecular complexity index is 721. The highest BCUT2D eigenvalue weighted by atomic mass is 16.4. The minimum Gasteiger partial charge on any atom is -0.481 e. The maximum atomic E-state index is 13.1. The van der Waals surface area contributed by atoms with E-state index in [1.54, 1.807) is 4.90 Å². The lowest BCUT2D eigenvalue weighted by molar-refractivity contribution is -0.142. The Morgan fingerprint density at radius 3 is 2.46 bits per heavy atom. The molecule has 1 aromatic rings. The van der Waals surface area contributed by atoms with Gasteiger partial charge in [0, 0.05) is 38.0 Å². The number of amides is 2. The number of carboxylic acid groups (broad SMARTS) is 1. The van der Waals surface area contributed by atoms with Gasteiger partial charge in [-0.05, 0) is 24.8 Å². The summed E-state index contributed by atoms with van der Waals surface area (Å²) >= 11 is 0. The molecule has 6 heteroatoms. The van der Waals surface area contributed by atoms with Crippen LogP contribution in [0.5, 0.6) is 0 Å². The molecule has 0 aromatic heterocycles. The van der Waals surface area contributed by atoms with Gasteiger partial charge in [-0.25, -0.2) is 0 Å². The van der Waals surface area contributed by atoms with Gasteiger partial charge in [0.15, 0.2) is 0 Å². The van der Waals surface area contributed by atoms with E-state index in [2.05, 4.69) is 0 Å². The molecule has 2 saturated heterocycles. The molecule has 2 fully saturated rings. The number of nitrogens with zero attached hydrogens (tertiary/aromatic N) is 2. The molecular weight excluding hydrogens is 356 g/mol. The lowest BCUT2D eigenvalue weighted by atomic mass is 9.89. The molecule has 0 saturated carbocycles. The van der Waals surface area contributed by atoms with Crippen molar-refractivity contribution in [2.75, 3.05) is 26.2 Å². The Labute approximate surface area is 166 Å². The third kappa shape index (κ3) is 4.21. The van der Waals surface area contributed by atoms with Crippen LogP contribution < -0.4 is 0 Å². The summed E-state index contributed by atoms with van der Waals surface area (Å²) < 4.78 is 0. The monoisotopic (exact) mass is 386 g/mol. The molecule has 4 unspecified atom stereocenters. The van der Waals surface area contributed by atoms with Gasteiger partial charge in [-0.1, -0.05) is 44.2 Å². The van der Waals surface area contributed by atoms with Gasteiger partial charge in [0.1, 0.15) is 0 Å². The van der Waals surface area contributed by atoms with Crippen LogP contribution in [0.2, 0.25) is 0 Å². The van der Waals surface area contributed by atoms with E-state index < -0.39 is 11.9 Å². The molecule has 28 heavy (non-hydrogen) atoms. The SMILES string of the molecule is CCC(C)C(=O)N1CCCC(C(=O)N2CC(C(=O)O)C(c3ccccc3)C2)C1. The molecule has 1 N–H and O–H groups in total. The predicted molar refractivity (Wildman–Crippen MR) is 106 cm³/mol. The standard InChI is InChI=1S/C22H30N2O4/c1-3-15(2)20(25)23-11-7-10-17(12-23)21(26)24-13-18(19(14-24)22(27)28)16-8-5-4-6-9-16/h4-6,8-9,15,17-19H,3,7,10-14H2,1-2H3,(H,27,28). The Hall–Kier alpha value is -2.37. The Balaban J connectivity index is 1.70. The predicted octanol–water partition coefficient (Wildman–Crippen LogP) is 2.60. The molecule has 4 atom stereocenters. The number of hydrogen-bond donors (Lipinski definition) is 1. The van der Waals surface area contributed by atoms with Gasteiger partial charge in [0.05, 0.1) is 11.8 Å². The molecule has 2 heterocycles. The molecule has 0 spiro atoms. The van der Waals surface area contributed by atoms with Crippen molar-refractivity contribution in [3.8, 4) is 0 Å². The fourth-order valence-electron chi connectivity index (χ4n) is 4.40. The van der Waals surface area contributed by atoms with Crippen molar-refractivity contribution in [2.24, 2.45) is 17.8 Å². The van der Waals surface area contributed by atoms with Crippen LogP contribution in [-0.2, 0) is 14.4 Å². The summed E-state index contributed by atoms with van der Waals surface area (Å²) in [5.74, 6) is -1.79. The van der Waals surface area contributed by atoms with E-state index in [4.69, 9.17) is 0 Å². The van der Waals surface area contributed by atoms with Gasteiger partial charge >= 0.3 is 5.97 Å². The van der Waals surface area contributed by atoms with Crippen molar-refractivity contribution in [3.63, 3.8) is 0 Å². The molecule has 3 rings (SSSR count). The lowest BCUT2D eigenvalue weighted by Crippen LogP contribution is -2.47. The summed E-state index contributed by atoms with van der Waals surface area (Å²) in [7, 11) is 0. The van der Waals surface area contributed by atoms with E-state index in [1.807, 2.05) is 49.1 Å². The zero-order valence-electron chi connectivity index (χ0n) is 16.7. The van der Waals surface area contributed by atoms with Crippen molar-refractivity contribution in [1.29, 1.82) is 0 Å². The third-order valence-corrected chi connectivity index (χ3v) is 6.29. The summed E-state index contributed by atoms with van der Waals surface area (Å²) in [6.45, 7) is 5.74. The quantitative estimate of drug-likeness (QED) is 0.844. The zero-order valence-corrected chi connectivity index (χ0v) is 16.7. The summed E-state index contributed by atoms with van der Waals surface area (Å²) in [4.78, 5) is 41.0. The fourth-order valence-corrected chi connectivity index (χ4v) is 4.40. The number of hydrogen-bond acceptors (Lipinski definition) is 3. The molecule has 0 aliphatic carbocycles. The molecule has 0 radical (unpaired) electrons. The number of piperidine rings is 1. The van der Waals surface area contributed by atoms with Crippen molar-refractivity contribution < 1.29 is 19.5 Å². The lowest BCUT2D eigenvalue weighted by Gasteiger charge is -2.35. The molecule has 2 aliphatic heterocycles. The van der Waals surface area contributed by atoms with Crippen molar-refractivity contribution in [1.82, 2.24) is 9.80 Å². The van der Waals surface area contributed by atoms with Crippen molar-refractivity contribution in [3.05, 3.63) is 35.9 Å². The second-order valence-electron chi connectivity index (χ2n) is 8.14. The van der Waals surface area contributed by atoms with Gasteiger partial charge in [0.25, 0.3) is 0 Å². The highest BCUT2D eigenvalue weighted by Gasteiger charge is 2.42. The van der Waals surface area contributed by atoms with Crippen LogP contribution >= 0.6 is 0 Å².